The van der Waals surface area contributed by atoms with Gasteiger partial charge in [-0.05, 0) is 49.4 Å². The van der Waals surface area contributed by atoms with E-state index in [-0.39, 0.29) is 5.82 Å². The number of halogens is 1. The third-order valence-corrected chi connectivity index (χ3v) is 4.59. The quantitative estimate of drug-likeness (QED) is 0.936. The van der Waals surface area contributed by atoms with Crippen LogP contribution >= 0.6 is 0 Å². The summed E-state index contributed by atoms with van der Waals surface area (Å²) < 4.78 is 15.7. The molecule has 0 saturated carbocycles. The smallest absolute Gasteiger partial charge is 0.126 e. The molecule has 21 heavy (non-hydrogen) atoms. The van der Waals surface area contributed by atoms with Gasteiger partial charge in [0.05, 0.1) is 11.3 Å². The van der Waals surface area contributed by atoms with Crippen molar-refractivity contribution < 1.29 is 9.50 Å². The van der Waals surface area contributed by atoms with Gasteiger partial charge in [-0.15, -0.1) is 0 Å². The van der Waals surface area contributed by atoms with E-state index in [0.29, 0.717) is 30.9 Å². The Labute approximate surface area is 124 Å². The summed E-state index contributed by atoms with van der Waals surface area (Å²) in [6.07, 6.45) is 4.55. The molecule has 1 aromatic carbocycles. The standard InChI is InChI=1S/C17H21FN2O/c1-3-12(2)20-10-8-13(19-20)11-17(21)9-7-14-15(17)5-4-6-16(14)18/h4-6,8,10,12,21H,3,7,9,11H2,1-2H3. The van der Waals surface area contributed by atoms with Gasteiger partial charge in [-0.25, -0.2) is 4.39 Å². The molecule has 0 amide bonds. The van der Waals surface area contributed by atoms with Crippen LogP contribution in [0, 0.1) is 5.82 Å². The Morgan fingerprint density at radius 2 is 2.24 bits per heavy atom. The van der Waals surface area contributed by atoms with Gasteiger partial charge in [0.15, 0.2) is 0 Å². The lowest BCUT2D eigenvalue weighted by Gasteiger charge is -2.23. The van der Waals surface area contributed by atoms with Crippen LogP contribution in [-0.4, -0.2) is 14.9 Å². The fraction of sp³-hybridized carbons (Fsp3) is 0.471. The monoisotopic (exact) mass is 288 g/mol. The van der Waals surface area contributed by atoms with Crippen molar-refractivity contribution in [3.05, 3.63) is 53.1 Å². The predicted molar refractivity (Wildman–Crippen MR) is 79.6 cm³/mol. The van der Waals surface area contributed by atoms with Crippen LogP contribution in [0.3, 0.4) is 0 Å². The zero-order valence-electron chi connectivity index (χ0n) is 12.5. The maximum atomic E-state index is 13.8. The summed E-state index contributed by atoms with van der Waals surface area (Å²) in [6.45, 7) is 4.24. The van der Waals surface area contributed by atoms with E-state index in [1.165, 1.54) is 6.07 Å². The number of hydrogen-bond acceptors (Lipinski definition) is 2. The fourth-order valence-corrected chi connectivity index (χ4v) is 3.10. The Bertz CT molecular complexity index is 652. The van der Waals surface area contributed by atoms with Crippen LogP contribution in [0.2, 0.25) is 0 Å². The van der Waals surface area contributed by atoms with E-state index < -0.39 is 5.60 Å². The fourth-order valence-electron chi connectivity index (χ4n) is 3.10. The molecule has 1 aliphatic carbocycles. The van der Waals surface area contributed by atoms with Gasteiger partial charge in [0.2, 0.25) is 0 Å². The maximum Gasteiger partial charge on any atom is 0.126 e. The highest BCUT2D eigenvalue weighted by molar-refractivity contribution is 5.39. The number of aromatic nitrogens is 2. The summed E-state index contributed by atoms with van der Waals surface area (Å²) in [7, 11) is 0. The minimum Gasteiger partial charge on any atom is -0.385 e. The molecule has 2 atom stereocenters. The molecule has 3 rings (SSSR count). The van der Waals surface area contributed by atoms with Gasteiger partial charge in [-0.3, -0.25) is 4.68 Å². The highest BCUT2D eigenvalue weighted by Gasteiger charge is 2.38. The second kappa shape index (κ2) is 5.26. The first-order valence-corrected chi connectivity index (χ1v) is 7.58. The Balaban J connectivity index is 1.86. The number of fused-ring (bicyclic) bond motifs is 1. The summed E-state index contributed by atoms with van der Waals surface area (Å²) in [4.78, 5) is 0. The topological polar surface area (TPSA) is 38.0 Å². The van der Waals surface area contributed by atoms with Crippen molar-refractivity contribution in [3.63, 3.8) is 0 Å². The first-order chi connectivity index (χ1) is 10.0. The number of aliphatic hydroxyl groups is 1. The third-order valence-electron chi connectivity index (χ3n) is 4.59. The normalized spacial score (nSPS) is 22.3. The van der Waals surface area contributed by atoms with Crippen molar-refractivity contribution in [3.8, 4) is 0 Å². The van der Waals surface area contributed by atoms with E-state index in [2.05, 4.69) is 18.9 Å². The highest BCUT2D eigenvalue weighted by Crippen LogP contribution is 2.40. The number of benzene rings is 1. The van der Waals surface area contributed by atoms with Gasteiger partial charge in [0.25, 0.3) is 0 Å². The minimum atomic E-state index is -0.994. The average molecular weight is 288 g/mol. The molecule has 2 aromatic rings. The molecular weight excluding hydrogens is 267 g/mol. The van der Waals surface area contributed by atoms with Gasteiger partial charge >= 0.3 is 0 Å². The van der Waals surface area contributed by atoms with Gasteiger partial charge in [0, 0.05) is 18.7 Å². The Hall–Kier alpha value is -1.68. The third kappa shape index (κ3) is 2.48. The first kappa shape index (κ1) is 14.3. The summed E-state index contributed by atoms with van der Waals surface area (Å²) >= 11 is 0. The van der Waals surface area contributed by atoms with Crippen molar-refractivity contribution in [2.45, 2.75) is 51.2 Å². The first-order valence-electron chi connectivity index (χ1n) is 7.58. The molecule has 0 bridgehead atoms. The van der Waals surface area contributed by atoms with E-state index in [4.69, 9.17) is 0 Å². The second-order valence-corrected chi connectivity index (χ2v) is 6.02. The molecule has 3 nitrogen and oxygen atoms in total. The van der Waals surface area contributed by atoms with Crippen LogP contribution in [0.25, 0.3) is 0 Å². The van der Waals surface area contributed by atoms with Gasteiger partial charge in [-0.1, -0.05) is 19.1 Å². The summed E-state index contributed by atoms with van der Waals surface area (Å²) in [6, 6.07) is 7.25. The molecule has 1 heterocycles. The van der Waals surface area contributed by atoms with E-state index in [0.717, 1.165) is 17.7 Å². The summed E-state index contributed by atoms with van der Waals surface area (Å²) in [5.41, 5.74) is 1.24. The number of rotatable bonds is 4. The van der Waals surface area contributed by atoms with Crippen LogP contribution < -0.4 is 0 Å². The molecule has 1 aliphatic rings. The zero-order chi connectivity index (χ0) is 15.0. The van der Waals surface area contributed by atoms with Crippen LogP contribution in [0.1, 0.15) is 49.6 Å². The van der Waals surface area contributed by atoms with Crippen molar-refractivity contribution in [1.29, 1.82) is 0 Å². The Kier molecular flexibility index (Phi) is 3.57. The van der Waals surface area contributed by atoms with Crippen molar-refractivity contribution >= 4 is 0 Å². The highest BCUT2D eigenvalue weighted by atomic mass is 19.1. The zero-order valence-corrected chi connectivity index (χ0v) is 12.5. The largest absolute Gasteiger partial charge is 0.385 e. The van der Waals surface area contributed by atoms with Crippen molar-refractivity contribution in [2.24, 2.45) is 0 Å². The molecule has 1 aromatic heterocycles. The van der Waals surface area contributed by atoms with E-state index in [9.17, 15) is 9.50 Å². The lowest BCUT2D eigenvalue weighted by molar-refractivity contribution is 0.0377. The molecule has 0 aliphatic heterocycles. The molecule has 1 N–H and O–H groups in total. The molecule has 0 saturated heterocycles. The van der Waals surface area contributed by atoms with Crippen LogP contribution in [0.4, 0.5) is 4.39 Å². The molecular formula is C17H21FN2O. The SMILES string of the molecule is CCC(C)n1ccc(CC2(O)CCc3c(F)cccc32)n1. The van der Waals surface area contributed by atoms with Crippen molar-refractivity contribution in [2.75, 3.05) is 0 Å². The lowest BCUT2D eigenvalue weighted by Crippen LogP contribution is -2.25. The molecule has 112 valence electrons. The Morgan fingerprint density at radius 3 is 3.00 bits per heavy atom. The van der Waals surface area contributed by atoms with Crippen molar-refractivity contribution in [1.82, 2.24) is 9.78 Å². The summed E-state index contributed by atoms with van der Waals surface area (Å²) in [5.74, 6) is -0.214. The molecule has 4 heteroatoms. The van der Waals surface area contributed by atoms with Gasteiger partial charge < -0.3 is 5.11 Å². The molecule has 0 radical (unpaired) electrons. The molecule has 0 fully saturated rings. The van der Waals surface area contributed by atoms with Crippen LogP contribution in [0.5, 0.6) is 0 Å². The van der Waals surface area contributed by atoms with E-state index in [1.807, 2.05) is 23.0 Å². The minimum absolute atomic E-state index is 0.214. The van der Waals surface area contributed by atoms with Crippen LogP contribution in [-0.2, 0) is 18.4 Å². The average Bonchev–Trinajstić information content (AvgIpc) is 3.05. The maximum absolute atomic E-state index is 13.8. The van der Waals surface area contributed by atoms with Gasteiger partial charge in [-0.2, -0.15) is 5.10 Å². The van der Waals surface area contributed by atoms with Gasteiger partial charge in [0.1, 0.15) is 5.82 Å². The van der Waals surface area contributed by atoms with Crippen LogP contribution in [0.15, 0.2) is 30.5 Å². The Morgan fingerprint density at radius 1 is 1.43 bits per heavy atom. The molecule has 2 unspecified atom stereocenters. The molecule has 0 spiro atoms. The summed E-state index contributed by atoms with van der Waals surface area (Å²) in [5, 5.41) is 15.5. The van der Waals surface area contributed by atoms with E-state index in [1.54, 1.807) is 6.07 Å². The second-order valence-electron chi connectivity index (χ2n) is 6.02. The van der Waals surface area contributed by atoms with E-state index >= 15 is 0 Å². The number of hydrogen-bond donors (Lipinski definition) is 1. The lowest BCUT2D eigenvalue weighted by atomic mass is 9.91. The predicted octanol–water partition coefficient (Wildman–Crippen LogP) is 3.37. The number of nitrogens with zero attached hydrogens (tertiary/aromatic N) is 2.